The second-order valence-corrected chi connectivity index (χ2v) is 5.93. The van der Waals surface area contributed by atoms with Crippen LogP contribution in [0.5, 0.6) is 0 Å². The molecule has 24 heavy (non-hydrogen) atoms. The zero-order valence-corrected chi connectivity index (χ0v) is 13.4. The Labute approximate surface area is 141 Å². The highest BCUT2D eigenvalue weighted by molar-refractivity contribution is 6.04. The number of nitrogens with one attached hydrogen (secondary N) is 3. The van der Waals surface area contributed by atoms with Crippen molar-refractivity contribution in [3.05, 3.63) is 60.2 Å². The van der Waals surface area contributed by atoms with Crippen molar-refractivity contribution in [3.8, 4) is 0 Å². The second-order valence-electron chi connectivity index (χ2n) is 5.93. The Morgan fingerprint density at radius 1 is 0.917 bits per heavy atom. The minimum absolute atomic E-state index is 0.0137. The normalized spacial score (nSPS) is 17.1. The first-order valence-electron chi connectivity index (χ1n) is 8.20. The zero-order valence-electron chi connectivity index (χ0n) is 13.4. The highest BCUT2D eigenvalue weighted by atomic mass is 16.2. The van der Waals surface area contributed by atoms with Gasteiger partial charge in [-0.3, -0.25) is 9.59 Å². The summed E-state index contributed by atoms with van der Waals surface area (Å²) < 4.78 is 0. The molecule has 2 amide bonds. The fraction of sp³-hybridized carbons (Fsp3) is 0.263. The Hall–Kier alpha value is -2.66. The third-order valence-electron chi connectivity index (χ3n) is 4.11. The van der Waals surface area contributed by atoms with Crippen LogP contribution in [0, 0.1) is 5.92 Å². The van der Waals surface area contributed by atoms with Gasteiger partial charge in [0, 0.05) is 23.5 Å². The number of para-hydroxylation sites is 1. The molecule has 5 heteroatoms. The summed E-state index contributed by atoms with van der Waals surface area (Å²) in [6, 6.07) is 16.3. The Balaban J connectivity index is 1.58. The van der Waals surface area contributed by atoms with Gasteiger partial charge in [0.25, 0.3) is 5.91 Å². The Kier molecular flexibility index (Phi) is 5.23. The molecule has 0 aliphatic carbocycles. The van der Waals surface area contributed by atoms with Crippen molar-refractivity contribution < 1.29 is 9.59 Å². The minimum atomic E-state index is -0.171. The summed E-state index contributed by atoms with van der Waals surface area (Å²) in [4.78, 5) is 24.4. The number of carbonyl (C=O) groups is 2. The molecule has 0 radical (unpaired) electrons. The van der Waals surface area contributed by atoms with Crippen LogP contribution in [0.4, 0.5) is 11.4 Å². The average molecular weight is 323 g/mol. The van der Waals surface area contributed by atoms with E-state index in [-0.39, 0.29) is 17.7 Å². The summed E-state index contributed by atoms with van der Waals surface area (Å²) in [7, 11) is 0. The SMILES string of the molecule is O=C(Nc1ccccc1)c1ccc(NC(=O)C2CCCNC2)cc1. The average Bonchev–Trinajstić information content (AvgIpc) is 2.64. The van der Waals surface area contributed by atoms with Crippen molar-refractivity contribution in [1.82, 2.24) is 5.32 Å². The van der Waals surface area contributed by atoms with E-state index in [1.54, 1.807) is 24.3 Å². The third-order valence-corrected chi connectivity index (χ3v) is 4.11. The highest BCUT2D eigenvalue weighted by Crippen LogP contribution is 2.16. The van der Waals surface area contributed by atoms with Crippen molar-refractivity contribution in [2.75, 3.05) is 23.7 Å². The monoisotopic (exact) mass is 323 g/mol. The molecule has 1 aliphatic rings. The molecule has 0 bridgehead atoms. The first kappa shape index (κ1) is 16.2. The number of amides is 2. The summed E-state index contributed by atoms with van der Waals surface area (Å²) >= 11 is 0. The predicted octanol–water partition coefficient (Wildman–Crippen LogP) is 2.88. The van der Waals surface area contributed by atoms with Gasteiger partial charge in [-0.2, -0.15) is 0 Å². The smallest absolute Gasteiger partial charge is 0.255 e. The summed E-state index contributed by atoms with van der Waals surface area (Å²) in [6.45, 7) is 1.71. The largest absolute Gasteiger partial charge is 0.326 e. The van der Waals surface area contributed by atoms with Gasteiger partial charge in [0.15, 0.2) is 0 Å². The lowest BCUT2D eigenvalue weighted by molar-refractivity contribution is -0.120. The van der Waals surface area contributed by atoms with Gasteiger partial charge in [-0.15, -0.1) is 0 Å². The van der Waals surface area contributed by atoms with Gasteiger partial charge in [0.1, 0.15) is 0 Å². The number of hydrogen-bond acceptors (Lipinski definition) is 3. The molecule has 1 atom stereocenters. The van der Waals surface area contributed by atoms with Crippen LogP contribution in [0.15, 0.2) is 54.6 Å². The first-order valence-corrected chi connectivity index (χ1v) is 8.20. The van der Waals surface area contributed by atoms with E-state index in [1.807, 2.05) is 30.3 Å². The van der Waals surface area contributed by atoms with Crippen molar-refractivity contribution in [2.45, 2.75) is 12.8 Å². The van der Waals surface area contributed by atoms with E-state index in [1.165, 1.54) is 0 Å². The van der Waals surface area contributed by atoms with Crippen molar-refractivity contribution in [3.63, 3.8) is 0 Å². The molecule has 1 fully saturated rings. The van der Waals surface area contributed by atoms with Crippen LogP contribution in [0.25, 0.3) is 0 Å². The van der Waals surface area contributed by atoms with E-state index in [0.29, 0.717) is 11.3 Å². The standard InChI is InChI=1S/C19H21N3O2/c23-18(21-16-6-2-1-3-7-16)14-8-10-17(11-9-14)22-19(24)15-5-4-12-20-13-15/h1-3,6-11,15,20H,4-5,12-13H2,(H,21,23)(H,22,24). The van der Waals surface area contributed by atoms with E-state index < -0.39 is 0 Å². The maximum Gasteiger partial charge on any atom is 0.255 e. The fourth-order valence-electron chi connectivity index (χ4n) is 2.75. The number of piperidine rings is 1. The van der Waals surface area contributed by atoms with Gasteiger partial charge in [0.05, 0.1) is 5.92 Å². The topological polar surface area (TPSA) is 70.2 Å². The number of anilines is 2. The molecule has 1 saturated heterocycles. The molecular formula is C19H21N3O2. The summed E-state index contributed by atoms with van der Waals surface area (Å²) in [5.41, 5.74) is 2.02. The van der Waals surface area contributed by atoms with E-state index in [9.17, 15) is 9.59 Å². The Bertz CT molecular complexity index is 692. The van der Waals surface area contributed by atoms with Crippen LogP contribution < -0.4 is 16.0 Å². The lowest BCUT2D eigenvalue weighted by atomic mass is 9.99. The number of carbonyl (C=O) groups excluding carboxylic acids is 2. The van der Waals surface area contributed by atoms with Gasteiger partial charge in [-0.1, -0.05) is 18.2 Å². The van der Waals surface area contributed by atoms with Gasteiger partial charge >= 0.3 is 0 Å². The van der Waals surface area contributed by atoms with E-state index in [2.05, 4.69) is 16.0 Å². The van der Waals surface area contributed by atoms with Gasteiger partial charge in [0.2, 0.25) is 5.91 Å². The van der Waals surface area contributed by atoms with Crippen LogP contribution in [0.3, 0.4) is 0 Å². The molecule has 124 valence electrons. The molecule has 1 aliphatic heterocycles. The van der Waals surface area contributed by atoms with Crippen molar-refractivity contribution >= 4 is 23.2 Å². The highest BCUT2D eigenvalue weighted by Gasteiger charge is 2.20. The summed E-state index contributed by atoms with van der Waals surface area (Å²) in [6.07, 6.45) is 1.94. The van der Waals surface area contributed by atoms with Gasteiger partial charge in [-0.05, 0) is 55.8 Å². The number of benzene rings is 2. The maximum absolute atomic E-state index is 12.2. The lowest BCUT2D eigenvalue weighted by Gasteiger charge is -2.21. The maximum atomic E-state index is 12.2. The Morgan fingerprint density at radius 2 is 1.62 bits per heavy atom. The van der Waals surface area contributed by atoms with Crippen molar-refractivity contribution in [1.29, 1.82) is 0 Å². The van der Waals surface area contributed by atoms with E-state index >= 15 is 0 Å². The molecule has 3 rings (SSSR count). The molecule has 0 aromatic heterocycles. The second kappa shape index (κ2) is 7.75. The van der Waals surface area contributed by atoms with E-state index in [4.69, 9.17) is 0 Å². The summed E-state index contributed by atoms with van der Waals surface area (Å²) in [5.74, 6) is -0.126. The fourth-order valence-corrected chi connectivity index (χ4v) is 2.75. The van der Waals surface area contributed by atoms with Crippen LogP contribution in [0.2, 0.25) is 0 Å². The molecule has 0 spiro atoms. The molecule has 1 heterocycles. The van der Waals surface area contributed by atoms with E-state index in [0.717, 1.165) is 31.6 Å². The molecule has 2 aromatic rings. The quantitative estimate of drug-likeness (QED) is 0.810. The number of rotatable bonds is 4. The number of hydrogen-bond donors (Lipinski definition) is 3. The molecule has 0 saturated carbocycles. The summed E-state index contributed by atoms with van der Waals surface area (Å²) in [5, 5.41) is 8.99. The third kappa shape index (κ3) is 4.20. The molecular weight excluding hydrogens is 302 g/mol. The van der Waals surface area contributed by atoms with Crippen LogP contribution in [-0.2, 0) is 4.79 Å². The van der Waals surface area contributed by atoms with Gasteiger partial charge in [-0.25, -0.2) is 0 Å². The molecule has 1 unspecified atom stereocenters. The van der Waals surface area contributed by atoms with Crippen LogP contribution in [0.1, 0.15) is 23.2 Å². The first-order chi connectivity index (χ1) is 11.7. The van der Waals surface area contributed by atoms with Crippen molar-refractivity contribution in [2.24, 2.45) is 5.92 Å². The minimum Gasteiger partial charge on any atom is -0.326 e. The van der Waals surface area contributed by atoms with Crippen LogP contribution >= 0.6 is 0 Å². The zero-order chi connectivity index (χ0) is 16.8. The lowest BCUT2D eigenvalue weighted by Crippen LogP contribution is -2.37. The molecule has 5 nitrogen and oxygen atoms in total. The predicted molar refractivity (Wildman–Crippen MR) is 95.1 cm³/mol. The van der Waals surface area contributed by atoms with Gasteiger partial charge < -0.3 is 16.0 Å². The Morgan fingerprint density at radius 3 is 2.29 bits per heavy atom. The molecule has 2 aromatic carbocycles. The molecule has 3 N–H and O–H groups in total. The van der Waals surface area contributed by atoms with Crippen LogP contribution in [-0.4, -0.2) is 24.9 Å².